The molecule has 3 heteroatoms. The maximum atomic E-state index is 5.86. The number of nitrogens with one attached hydrogen (secondary N) is 1. The summed E-state index contributed by atoms with van der Waals surface area (Å²) in [7, 11) is 1.66. The van der Waals surface area contributed by atoms with E-state index in [9.17, 15) is 0 Å². The molecule has 1 fully saturated rings. The van der Waals surface area contributed by atoms with Crippen molar-refractivity contribution in [2.45, 2.75) is 44.6 Å². The van der Waals surface area contributed by atoms with Crippen molar-refractivity contribution >= 4 is 5.69 Å². The second kappa shape index (κ2) is 7.91. The lowest BCUT2D eigenvalue weighted by Gasteiger charge is -2.18. The first-order valence-corrected chi connectivity index (χ1v) is 8.52. The summed E-state index contributed by atoms with van der Waals surface area (Å²) in [6.07, 6.45) is 8.01. The molecule has 0 unspecified atom stereocenters. The minimum atomic E-state index is 0.617. The van der Waals surface area contributed by atoms with Crippen molar-refractivity contribution in [1.29, 1.82) is 0 Å². The molecule has 0 amide bonds. The van der Waals surface area contributed by atoms with Gasteiger partial charge in [0.25, 0.3) is 0 Å². The average molecular weight is 311 g/mol. The molecular weight excluding hydrogens is 286 g/mol. The van der Waals surface area contributed by atoms with Gasteiger partial charge in [-0.15, -0.1) is 0 Å². The Bertz CT molecular complexity index is 584. The minimum absolute atomic E-state index is 0.617. The van der Waals surface area contributed by atoms with E-state index < -0.39 is 0 Å². The Morgan fingerprint density at radius 3 is 1.83 bits per heavy atom. The van der Waals surface area contributed by atoms with Gasteiger partial charge in [0.05, 0.1) is 7.11 Å². The molecule has 3 nitrogen and oxygen atoms in total. The third-order valence-corrected chi connectivity index (χ3v) is 4.38. The van der Waals surface area contributed by atoms with Gasteiger partial charge in [-0.2, -0.15) is 0 Å². The lowest BCUT2D eigenvalue weighted by Crippen LogP contribution is -2.17. The Kier molecular flexibility index (Phi) is 5.41. The zero-order valence-corrected chi connectivity index (χ0v) is 13.8. The van der Waals surface area contributed by atoms with E-state index in [0.29, 0.717) is 6.04 Å². The molecule has 0 saturated heterocycles. The monoisotopic (exact) mass is 311 g/mol. The minimum Gasteiger partial charge on any atom is -0.497 e. The number of hydrogen-bond donors (Lipinski definition) is 1. The van der Waals surface area contributed by atoms with Gasteiger partial charge in [-0.1, -0.05) is 25.7 Å². The molecule has 0 aliphatic heterocycles. The van der Waals surface area contributed by atoms with Crippen molar-refractivity contribution in [2.75, 3.05) is 12.4 Å². The fourth-order valence-electron chi connectivity index (χ4n) is 3.06. The zero-order chi connectivity index (χ0) is 15.9. The molecule has 1 aliphatic rings. The van der Waals surface area contributed by atoms with Gasteiger partial charge in [0.15, 0.2) is 0 Å². The quantitative estimate of drug-likeness (QED) is 0.727. The summed E-state index contributed by atoms with van der Waals surface area (Å²) in [5.41, 5.74) is 1.18. The molecule has 3 rings (SSSR count). The molecule has 0 spiro atoms. The predicted molar refractivity (Wildman–Crippen MR) is 94.6 cm³/mol. The SMILES string of the molecule is COc1ccc(Oc2ccc(NC3CCCCCC3)cc2)cc1. The fourth-order valence-corrected chi connectivity index (χ4v) is 3.06. The van der Waals surface area contributed by atoms with Crippen LogP contribution in [0.15, 0.2) is 48.5 Å². The van der Waals surface area contributed by atoms with Crippen LogP contribution in [0.25, 0.3) is 0 Å². The van der Waals surface area contributed by atoms with Crippen molar-refractivity contribution < 1.29 is 9.47 Å². The molecule has 122 valence electrons. The van der Waals surface area contributed by atoms with Gasteiger partial charge in [0.1, 0.15) is 17.2 Å². The second-order valence-corrected chi connectivity index (χ2v) is 6.13. The molecule has 2 aromatic carbocycles. The molecule has 1 aliphatic carbocycles. The van der Waals surface area contributed by atoms with Crippen LogP contribution in [0.2, 0.25) is 0 Å². The molecule has 2 aromatic rings. The maximum Gasteiger partial charge on any atom is 0.127 e. The van der Waals surface area contributed by atoms with Gasteiger partial charge in [0, 0.05) is 11.7 Å². The molecule has 0 atom stereocenters. The summed E-state index contributed by atoms with van der Waals surface area (Å²) in [5, 5.41) is 3.65. The zero-order valence-electron chi connectivity index (χ0n) is 13.8. The van der Waals surface area contributed by atoms with Crippen LogP contribution in [-0.2, 0) is 0 Å². The number of ether oxygens (including phenoxy) is 2. The van der Waals surface area contributed by atoms with Gasteiger partial charge in [-0.05, 0) is 61.4 Å². The first-order valence-electron chi connectivity index (χ1n) is 8.52. The molecule has 1 N–H and O–H groups in total. The van der Waals surface area contributed by atoms with E-state index in [4.69, 9.17) is 9.47 Å². The summed E-state index contributed by atoms with van der Waals surface area (Å²) in [6.45, 7) is 0. The van der Waals surface area contributed by atoms with Crippen LogP contribution in [0.5, 0.6) is 17.2 Å². The van der Waals surface area contributed by atoms with E-state index in [2.05, 4.69) is 17.4 Å². The highest BCUT2D eigenvalue weighted by Crippen LogP contribution is 2.26. The third-order valence-electron chi connectivity index (χ3n) is 4.38. The Morgan fingerprint density at radius 1 is 0.739 bits per heavy atom. The first kappa shape index (κ1) is 15.7. The summed E-state index contributed by atoms with van der Waals surface area (Å²) in [5.74, 6) is 2.50. The highest BCUT2D eigenvalue weighted by atomic mass is 16.5. The van der Waals surface area contributed by atoms with Crippen molar-refractivity contribution in [3.8, 4) is 17.2 Å². The first-order chi connectivity index (χ1) is 11.3. The number of methoxy groups -OCH3 is 1. The Labute approximate surface area is 138 Å². The van der Waals surface area contributed by atoms with Crippen LogP contribution in [0, 0.1) is 0 Å². The van der Waals surface area contributed by atoms with E-state index >= 15 is 0 Å². The van der Waals surface area contributed by atoms with Crippen LogP contribution >= 0.6 is 0 Å². The molecule has 0 radical (unpaired) electrons. The number of hydrogen-bond acceptors (Lipinski definition) is 3. The average Bonchev–Trinajstić information content (AvgIpc) is 2.86. The number of benzene rings is 2. The smallest absolute Gasteiger partial charge is 0.127 e. The van der Waals surface area contributed by atoms with Crippen LogP contribution in [0.1, 0.15) is 38.5 Å². The molecule has 1 saturated carbocycles. The standard InChI is InChI=1S/C20H25NO2/c1-22-18-12-14-20(15-13-18)23-19-10-8-17(9-11-19)21-16-6-4-2-3-5-7-16/h8-16,21H,2-7H2,1H3. The van der Waals surface area contributed by atoms with E-state index in [1.807, 2.05) is 36.4 Å². The summed E-state index contributed by atoms with van der Waals surface area (Å²) in [4.78, 5) is 0. The Hall–Kier alpha value is -2.16. The van der Waals surface area contributed by atoms with E-state index in [0.717, 1.165) is 17.2 Å². The van der Waals surface area contributed by atoms with Crippen molar-refractivity contribution in [2.24, 2.45) is 0 Å². The molecule has 0 heterocycles. The molecule has 0 aromatic heterocycles. The van der Waals surface area contributed by atoms with Gasteiger partial charge in [0.2, 0.25) is 0 Å². The highest BCUT2D eigenvalue weighted by Gasteiger charge is 2.11. The lowest BCUT2D eigenvalue weighted by atomic mass is 10.1. The number of rotatable bonds is 5. The number of anilines is 1. The third kappa shape index (κ3) is 4.65. The van der Waals surface area contributed by atoms with E-state index in [1.54, 1.807) is 7.11 Å². The topological polar surface area (TPSA) is 30.5 Å². The van der Waals surface area contributed by atoms with Crippen molar-refractivity contribution in [1.82, 2.24) is 0 Å². The van der Waals surface area contributed by atoms with Crippen LogP contribution < -0.4 is 14.8 Å². The fraction of sp³-hybridized carbons (Fsp3) is 0.400. The Balaban J connectivity index is 1.57. The van der Waals surface area contributed by atoms with E-state index in [1.165, 1.54) is 44.2 Å². The highest BCUT2D eigenvalue weighted by molar-refractivity contribution is 5.48. The van der Waals surface area contributed by atoms with Gasteiger partial charge >= 0.3 is 0 Å². The van der Waals surface area contributed by atoms with Crippen LogP contribution in [0.4, 0.5) is 5.69 Å². The largest absolute Gasteiger partial charge is 0.497 e. The summed E-state index contributed by atoms with van der Waals surface area (Å²) in [6, 6.07) is 16.5. The summed E-state index contributed by atoms with van der Waals surface area (Å²) < 4.78 is 11.0. The van der Waals surface area contributed by atoms with Crippen LogP contribution in [-0.4, -0.2) is 13.2 Å². The van der Waals surface area contributed by atoms with Gasteiger partial charge in [-0.25, -0.2) is 0 Å². The van der Waals surface area contributed by atoms with E-state index in [-0.39, 0.29) is 0 Å². The molecular formula is C20H25NO2. The van der Waals surface area contributed by atoms with Crippen molar-refractivity contribution in [3.05, 3.63) is 48.5 Å². The molecule has 23 heavy (non-hydrogen) atoms. The normalized spacial score (nSPS) is 15.7. The maximum absolute atomic E-state index is 5.86. The second-order valence-electron chi connectivity index (χ2n) is 6.13. The van der Waals surface area contributed by atoms with Crippen LogP contribution in [0.3, 0.4) is 0 Å². The lowest BCUT2D eigenvalue weighted by molar-refractivity contribution is 0.413. The van der Waals surface area contributed by atoms with Gasteiger partial charge < -0.3 is 14.8 Å². The Morgan fingerprint density at radius 2 is 1.26 bits per heavy atom. The van der Waals surface area contributed by atoms with Gasteiger partial charge in [-0.3, -0.25) is 0 Å². The molecule has 0 bridgehead atoms. The predicted octanol–water partition coefficient (Wildman–Crippen LogP) is 5.62. The summed E-state index contributed by atoms with van der Waals surface area (Å²) >= 11 is 0. The van der Waals surface area contributed by atoms with Crippen molar-refractivity contribution in [3.63, 3.8) is 0 Å².